The lowest BCUT2D eigenvalue weighted by molar-refractivity contribution is 0.198. The SMILES string of the molecule is Cc1cccc(-c2nccnc2[C@@H]2CCCN(Cc3ccncc3)C2)c1. The van der Waals surface area contributed by atoms with Crippen LogP contribution < -0.4 is 0 Å². The zero-order valence-electron chi connectivity index (χ0n) is 15.2. The van der Waals surface area contributed by atoms with E-state index in [1.807, 2.05) is 18.6 Å². The average Bonchev–Trinajstić information content (AvgIpc) is 2.69. The Hall–Kier alpha value is -2.59. The van der Waals surface area contributed by atoms with Crippen molar-refractivity contribution in [2.75, 3.05) is 13.1 Å². The highest BCUT2D eigenvalue weighted by molar-refractivity contribution is 5.63. The van der Waals surface area contributed by atoms with E-state index in [0.717, 1.165) is 31.0 Å². The van der Waals surface area contributed by atoms with Gasteiger partial charge in [0.2, 0.25) is 0 Å². The van der Waals surface area contributed by atoms with Crippen molar-refractivity contribution in [2.24, 2.45) is 0 Å². The molecule has 0 bridgehead atoms. The van der Waals surface area contributed by atoms with Crippen LogP contribution >= 0.6 is 0 Å². The first-order valence-corrected chi connectivity index (χ1v) is 9.29. The van der Waals surface area contributed by atoms with E-state index in [0.29, 0.717) is 5.92 Å². The van der Waals surface area contributed by atoms with Crippen LogP contribution in [0.3, 0.4) is 0 Å². The van der Waals surface area contributed by atoms with Crippen LogP contribution in [0.25, 0.3) is 11.3 Å². The predicted molar refractivity (Wildman–Crippen MR) is 104 cm³/mol. The minimum Gasteiger partial charge on any atom is -0.298 e. The van der Waals surface area contributed by atoms with Gasteiger partial charge in [-0.1, -0.05) is 23.8 Å². The number of hydrogen-bond acceptors (Lipinski definition) is 4. The second kappa shape index (κ2) is 7.75. The normalized spacial score (nSPS) is 18.0. The molecule has 1 atom stereocenters. The Balaban J connectivity index is 1.57. The highest BCUT2D eigenvalue weighted by Crippen LogP contribution is 2.32. The lowest BCUT2D eigenvalue weighted by Crippen LogP contribution is -2.34. The van der Waals surface area contributed by atoms with Crippen molar-refractivity contribution >= 4 is 0 Å². The summed E-state index contributed by atoms with van der Waals surface area (Å²) in [7, 11) is 0. The zero-order valence-corrected chi connectivity index (χ0v) is 15.2. The van der Waals surface area contributed by atoms with E-state index in [9.17, 15) is 0 Å². The summed E-state index contributed by atoms with van der Waals surface area (Å²) in [6.45, 7) is 5.26. The second-order valence-corrected chi connectivity index (χ2v) is 7.09. The number of benzene rings is 1. The fourth-order valence-corrected chi connectivity index (χ4v) is 3.83. The Kier molecular flexibility index (Phi) is 5.02. The van der Waals surface area contributed by atoms with Crippen LogP contribution in [0.5, 0.6) is 0 Å². The molecule has 3 aromatic rings. The molecule has 132 valence electrons. The van der Waals surface area contributed by atoms with Crippen molar-refractivity contribution in [1.82, 2.24) is 19.9 Å². The molecule has 1 fully saturated rings. The molecular formula is C22H24N4. The number of likely N-dealkylation sites (tertiary alicyclic amines) is 1. The third-order valence-electron chi connectivity index (χ3n) is 5.07. The molecule has 0 saturated carbocycles. The summed E-state index contributed by atoms with van der Waals surface area (Å²) in [5, 5.41) is 0. The van der Waals surface area contributed by atoms with Crippen molar-refractivity contribution in [3.05, 3.63) is 78.0 Å². The fraction of sp³-hybridized carbons (Fsp3) is 0.318. The topological polar surface area (TPSA) is 41.9 Å². The molecule has 4 heteroatoms. The number of hydrogen-bond donors (Lipinski definition) is 0. The summed E-state index contributed by atoms with van der Waals surface area (Å²) in [6, 6.07) is 12.8. The molecule has 0 aliphatic carbocycles. The maximum Gasteiger partial charge on any atom is 0.0920 e. The van der Waals surface area contributed by atoms with Crippen molar-refractivity contribution in [2.45, 2.75) is 32.2 Å². The Labute approximate surface area is 155 Å². The molecule has 0 radical (unpaired) electrons. The number of aryl methyl sites for hydroxylation is 1. The lowest BCUT2D eigenvalue weighted by Gasteiger charge is -2.33. The van der Waals surface area contributed by atoms with Crippen LogP contribution in [0, 0.1) is 6.92 Å². The Bertz CT molecular complexity index is 863. The van der Waals surface area contributed by atoms with Gasteiger partial charge in [-0.15, -0.1) is 0 Å². The van der Waals surface area contributed by atoms with Crippen LogP contribution in [0.1, 0.15) is 35.6 Å². The maximum atomic E-state index is 4.75. The Morgan fingerprint density at radius 2 is 1.88 bits per heavy atom. The van der Waals surface area contributed by atoms with Gasteiger partial charge in [0, 0.05) is 49.4 Å². The van der Waals surface area contributed by atoms with Crippen molar-refractivity contribution in [3.8, 4) is 11.3 Å². The molecule has 2 aromatic heterocycles. The highest BCUT2D eigenvalue weighted by atomic mass is 15.1. The van der Waals surface area contributed by atoms with Crippen LogP contribution in [-0.4, -0.2) is 32.9 Å². The average molecular weight is 344 g/mol. The molecule has 4 rings (SSSR count). The lowest BCUT2D eigenvalue weighted by atomic mass is 9.91. The van der Waals surface area contributed by atoms with Gasteiger partial charge in [0.25, 0.3) is 0 Å². The van der Waals surface area contributed by atoms with E-state index in [4.69, 9.17) is 4.98 Å². The second-order valence-electron chi connectivity index (χ2n) is 7.09. The fourth-order valence-electron chi connectivity index (χ4n) is 3.83. The molecule has 1 saturated heterocycles. The van der Waals surface area contributed by atoms with Crippen molar-refractivity contribution < 1.29 is 0 Å². The van der Waals surface area contributed by atoms with Gasteiger partial charge in [0.05, 0.1) is 11.4 Å². The molecule has 26 heavy (non-hydrogen) atoms. The third-order valence-corrected chi connectivity index (χ3v) is 5.07. The van der Waals surface area contributed by atoms with E-state index in [-0.39, 0.29) is 0 Å². The van der Waals surface area contributed by atoms with Gasteiger partial charge in [-0.05, 0) is 50.1 Å². The minimum absolute atomic E-state index is 0.426. The summed E-state index contributed by atoms with van der Waals surface area (Å²) in [5.74, 6) is 0.426. The standard InChI is InChI=1S/C22H24N4/c1-17-4-2-5-19(14-17)21-22(25-12-11-24-21)20-6-3-13-26(16-20)15-18-7-9-23-10-8-18/h2,4-5,7-12,14,20H,3,6,13,15-16H2,1H3/t20-/m1/s1. The molecule has 0 amide bonds. The van der Waals surface area contributed by atoms with Gasteiger partial charge in [0.1, 0.15) is 0 Å². The van der Waals surface area contributed by atoms with Gasteiger partial charge in [-0.3, -0.25) is 19.9 Å². The highest BCUT2D eigenvalue weighted by Gasteiger charge is 2.25. The van der Waals surface area contributed by atoms with Crippen LogP contribution in [0.4, 0.5) is 0 Å². The van der Waals surface area contributed by atoms with Crippen molar-refractivity contribution in [1.29, 1.82) is 0 Å². The van der Waals surface area contributed by atoms with Crippen LogP contribution in [0.15, 0.2) is 61.2 Å². The first-order valence-electron chi connectivity index (χ1n) is 9.29. The van der Waals surface area contributed by atoms with E-state index >= 15 is 0 Å². The number of piperidine rings is 1. The molecule has 1 aromatic carbocycles. The summed E-state index contributed by atoms with van der Waals surface area (Å²) in [4.78, 5) is 16.1. The van der Waals surface area contributed by atoms with Crippen molar-refractivity contribution in [3.63, 3.8) is 0 Å². The quantitative estimate of drug-likeness (QED) is 0.710. The molecule has 4 nitrogen and oxygen atoms in total. The van der Waals surface area contributed by atoms with Crippen LogP contribution in [0.2, 0.25) is 0 Å². The summed E-state index contributed by atoms with van der Waals surface area (Å²) < 4.78 is 0. The minimum atomic E-state index is 0.426. The van der Waals surface area contributed by atoms with E-state index in [2.05, 4.69) is 58.2 Å². The smallest absolute Gasteiger partial charge is 0.0920 e. The van der Waals surface area contributed by atoms with Crippen LogP contribution in [-0.2, 0) is 6.54 Å². The molecule has 3 heterocycles. The largest absolute Gasteiger partial charge is 0.298 e. The molecule has 0 unspecified atom stereocenters. The van der Waals surface area contributed by atoms with E-state index in [1.54, 1.807) is 6.20 Å². The summed E-state index contributed by atoms with van der Waals surface area (Å²) in [6.07, 6.45) is 9.74. The molecule has 1 aliphatic rings. The van der Waals surface area contributed by atoms with Gasteiger partial charge in [0.15, 0.2) is 0 Å². The van der Waals surface area contributed by atoms with Gasteiger partial charge < -0.3 is 0 Å². The molecular weight excluding hydrogens is 320 g/mol. The van der Waals surface area contributed by atoms with Gasteiger partial charge in [-0.2, -0.15) is 0 Å². The predicted octanol–water partition coefficient (Wildman–Crippen LogP) is 4.23. The first kappa shape index (κ1) is 16.9. The van der Waals surface area contributed by atoms with E-state index < -0.39 is 0 Å². The first-order chi connectivity index (χ1) is 12.8. The Morgan fingerprint density at radius 3 is 2.73 bits per heavy atom. The van der Waals surface area contributed by atoms with E-state index in [1.165, 1.54) is 29.5 Å². The van der Waals surface area contributed by atoms with Gasteiger partial charge in [-0.25, -0.2) is 0 Å². The molecule has 0 spiro atoms. The number of pyridine rings is 1. The van der Waals surface area contributed by atoms with Gasteiger partial charge >= 0.3 is 0 Å². The Morgan fingerprint density at radius 1 is 1.04 bits per heavy atom. The number of aromatic nitrogens is 3. The number of rotatable bonds is 4. The summed E-state index contributed by atoms with van der Waals surface area (Å²) in [5.41, 5.74) is 5.91. The molecule has 1 aliphatic heterocycles. The third kappa shape index (κ3) is 3.81. The zero-order chi connectivity index (χ0) is 17.8. The monoisotopic (exact) mass is 344 g/mol. The maximum absolute atomic E-state index is 4.75. The number of nitrogens with zero attached hydrogens (tertiary/aromatic N) is 4. The summed E-state index contributed by atoms with van der Waals surface area (Å²) >= 11 is 0. The molecule has 0 N–H and O–H groups in total.